The van der Waals surface area contributed by atoms with Crippen molar-refractivity contribution in [2.75, 3.05) is 0 Å². The van der Waals surface area contributed by atoms with E-state index >= 15 is 0 Å². The Morgan fingerprint density at radius 3 is 1.30 bits per heavy atom. The molecule has 0 fully saturated rings. The van der Waals surface area contributed by atoms with Gasteiger partial charge < -0.3 is 0 Å². The summed E-state index contributed by atoms with van der Waals surface area (Å²) in [5, 5.41) is 10.7. The van der Waals surface area contributed by atoms with Crippen molar-refractivity contribution in [3.8, 4) is 17.4 Å². The lowest BCUT2D eigenvalue weighted by molar-refractivity contribution is 1.06. The SMILES string of the molecule is N#Cc1c(-n2c3ccccc3n3c4ccccc4nc23)cccc1-n1c2ccccc2n2c3ccccc3nc12. The topological polar surface area (TPSA) is 68.2 Å². The van der Waals surface area contributed by atoms with Crippen LogP contribution in [0.15, 0.2) is 115 Å². The van der Waals surface area contributed by atoms with Gasteiger partial charge in [-0.2, -0.15) is 5.26 Å². The van der Waals surface area contributed by atoms with Crippen LogP contribution in [0.4, 0.5) is 0 Å². The molecule has 40 heavy (non-hydrogen) atoms. The van der Waals surface area contributed by atoms with E-state index in [2.05, 4.69) is 60.4 Å². The Labute approximate surface area is 227 Å². The van der Waals surface area contributed by atoms with Crippen molar-refractivity contribution in [3.63, 3.8) is 0 Å². The average molecular weight is 514 g/mol. The lowest BCUT2D eigenvalue weighted by Gasteiger charge is -2.13. The molecule has 0 saturated heterocycles. The molecule has 9 rings (SSSR count). The van der Waals surface area contributed by atoms with Gasteiger partial charge >= 0.3 is 0 Å². The first-order valence-corrected chi connectivity index (χ1v) is 13.1. The van der Waals surface area contributed by atoms with Crippen molar-refractivity contribution in [3.05, 3.63) is 121 Å². The predicted molar refractivity (Wildman–Crippen MR) is 157 cm³/mol. The number of hydrogen-bond donors (Lipinski definition) is 0. The quantitative estimate of drug-likeness (QED) is 0.249. The zero-order valence-corrected chi connectivity index (χ0v) is 21.1. The first-order chi connectivity index (χ1) is 19.8. The molecule has 9 aromatic rings. The van der Waals surface area contributed by atoms with E-state index in [1.54, 1.807) is 0 Å². The first-order valence-electron chi connectivity index (χ1n) is 13.1. The Balaban J connectivity index is 1.43. The van der Waals surface area contributed by atoms with Crippen LogP contribution in [0.25, 0.3) is 67.1 Å². The van der Waals surface area contributed by atoms with Gasteiger partial charge in [0.15, 0.2) is 0 Å². The van der Waals surface area contributed by atoms with Crippen LogP contribution in [0.2, 0.25) is 0 Å². The van der Waals surface area contributed by atoms with E-state index < -0.39 is 0 Å². The second-order valence-corrected chi connectivity index (χ2v) is 9.90. The Kier molecular flexibility index (Phi) is 4.00. The van der Waals surface area contributed by atoms with Gasteiger partial charge in [-0.05, 0) is 60.7 Å². The van der Waals surface area contributed by atoms with Crippen LogP contribution in [-0.4, -0.2) is 27.9 Å². The molecule has 0 saturated carbocycles. The summed E-state index contributed by atoms with van der Waals surface area (Å²) in [4.78, 5) is 10.0. The van der Waals surface area contributed by atoms with Gasteiger partial charge in [-0.1, -0.05) is 54.6 Å². The summed E-state index contributed by atoms with van der Waals surface area (Å²) in [5.74, 6) is 1.54. The monoisotopic (exact) mass is 513 g/mol. The van der Waals surface area contributed by atoms with Gasteiger partial charge in [0.2, 0.25) is 11.6 Å². The van der Waals surface area contributed by atoms with Crippen LogP contribution in [0.1, 0.15) is 5.56 Å². The van der Waals surface area contributed by atoms with E-state index in [4.69, 9.17) is 9.97 Å². The lowest BCUT2D eigenvalue weighted by Crippen LogP contribution is -2.04. The van der Waals surface area contributed by atoms with Gasteiger partial charge in [0.25, 0.3) is 0 Å². The molecule has 0 aliphatic rings. The van der Waals surface area contributed by atoms with Gasteiger partial charge in [0.05, 0.1) is 55.5 Å². The Bertz CT molecular complexity index is 2350. The zero-order chi connectivity index (χ0) is 26.4. The number of nitrogens with zero attached hydrogens (tertiary/aromatic N) is 7. The summed E-state index contributed by atoms with van der Waals surface area (Å²) in [6.07, 6.45) is 0. The highest BCUT2D eigenvalue weighted by molar-refractivity contribution is 5.94. The largest absolute Gasteiger partial charge is 0.277 e. The summed E-state index contributed by atoms with van der Waals surface area (Å²) in [6, 6.07) is 41.3. The van der Waals surface area contributed by atoms with E-state index in [0.29, 0.717) is 5.56 Å². The third-order valence-corrected chi connectivity index (χ3v) is 7.83. The summed E-state index contributed by atoms with van der Waals surface area (Å²) < 4.78 is 8.54. The molecule has 0 aliphatic heterocycles. The van der Waals surface area contributed by atoms with Crippen molar-refractivity contribution in [2.45, 2.75) is 0 Å². The number of benzene rings is 5. The summed E-state index contributed by atoms with van der Waals surface area (Å²) in [7, 11) is 0. The van der Waals surface area contributed by atoms with E-state index in [0.717, 1.165) is 67.1 Å². The number of rotatable bonds is 2. The Morgan fingerprint density at radius 1 is 0.450 bits per heavy atom. The van der Waals surface area contributed by atoms with Gasteiger partial charge in [0, 0.05) is 0 Å². The van der Waals surface area contributed by atoms with Crippen molar-refractivity contribution < 1.29 is 0 Å². The minimum absolute atomic E-state index is 0.549. The molecule has 0 radical (unpaired) electrons. The molecule has 0 unspecified atom stereocenters. The van der Waals surface area contributed by atoms with Crippen molar-refractivity contribution in [2.24, 2.45) is 0 Å². The van der Waals surface area contributed by atoms with Crippen LogP contribution in [0, 0.1) is 11.3 Å². The average Bonchev–Trinajstić information content (AvgIpc) is 3.73. The normalized spacial score (nSPS) is 12.0. The smallest absolute Gasteiger partial charge is 0.220 e. The van der Waals surface area contributed by atoms with Gasteiger partial charge in [0.1, 0.15) is 11.6 Å². The zero-order valence-electron chi connectivity index (χ0n) is 21.1. The maximum Gasteiger partial charge on any atom is 0.220 e. The van der Waals surface area contributed by atoms with Crippen LogP contribution in [0.5, 0.6) is 0 Å². The molecule has 7 nitrogen and oxygen atoms in total. The third kappa shape index (κ3) is 2.57. The molecule has 4 heterocycles. The van der Waals surface area contributed by atoms with Crippen molar-refractivity contribution in [1.29, 1.82) is 5.26 Å². The molecule has 4 aromatic heterocycles. The van der Waals surface area contributed by atoms with E-state index in [-0.39, 0.29) is 0 Å². The standard InChI is InChI=1S/C33H19N7/c34-20-21-24(37-28-14-5-7-16-30(28)39-26-12-3-1-10-22(26)35-32(37)39)18-9-19-25(21)38-29-15-6-8-17-31(29)40-27-13-4-2-11-23(27)36-33(38)40/h1-19H. The minimum atomic E-state index is 0.549. The summed E-state index contributed by atoms with van der Waals surface area (Å²) in [5.41, 5.74) is 10.0. The number of aromatic nitrogens is 6. The predicted octanol–water partition coefficient (Wildman–Crippen LogP) is 7.05. The molecule has 186 valence electrons. The molecule has 5 aromatic carbocycles. The first kappa shape index (κ1) is 21.1. The van der Waals surface area contributed by atoms with Gasteiger partial charge in [-0.3, -0.25) is 17.9 Å². The molecular weight excluding hydrogens is 494 g/mol. The van der Waals surface area contributed by atoms with Crippen LogP contribution < -0.4 is 0 Å². The second kappa shape index (κ2) is 7.59. The number of hydrogen-bond acceptors (Lipinski definition) is 3. The van der Waals surface area contributed by atoms with Gasteiger partial charge in [-0.15, -0.1) is 0 Å². The third-order valence-electron chi connectivity index (χ3n) is 7.83. The Hall–Kier alpha value is -5.87. The molecule has 0 N–H and O–H groups in total. The van der Waals surface area contributed by atoms with Crippen LogP contribution in [-0.2, 0) is 0 Å². The summed E-state index contributed by atoms with van der Waals surface area (Å²) >= 11 is 0. The maximum absolute atomic E-state index is 10.7. The number of fused-ring (bicyclic) bond motifs is 10. The van der Waals surface area contributed by atoms with Crippen LogP contribution >= 0.6 is 0 Å². The highest BCUT2D eigenvalue weighted by Crippen LogP contribution is 2.35. The van der Waals surface area contributed by atoms with Crippen molar-refractivity contribution >= 4 is 55.7 Å². The number of imidazole rings is 4. The lowest BCUT2D eigenvalue weighted by atomic mass is 10.1. The van der Waals surface area contributed by atoms with Crippen LogP contribution in [0.3, 0.4) is 0 Å². The Morgan fingerprint density at radius 2 is 0.850 bits per heavy atom. The van der Waals surface area contributed by atoms with E-state index in [9.17, 15) is 5.26 Å². The fourth-order valence-corrected chi connectivity index (χ4v) is 6.19. The highest BCUT2D eigenvalue weighted by Gasteiger charge is 2.23. The van der Waals surface area contributed by atoms with Crippen molar-refractivity contribution in [1.82, 2.24) is 27.9 Å². The second-order valence-electron chi connectivity index (χ2n) is 9.90. The number of para-hydroxylation sites is 8. The summed E-state index contributed by atoms with van der Waals surface area (Å²) in [6.45, 7) is 0. The molecule has 7 heteroatoms. The number of nitriles is 1. The van der Waals surface area contributed by atoms with Gasteiger partial charge in [-0.25, -0.2) is 9.97 Å². The van der Waals surface area contributed by atoms with E-state index in [1.807, 2.05) is 78.9 Å². The van der Waals surface area contributed by atoms with E-state index in [1.165, 1.54) is 0 Å². The molecular formula is C33H19N7. The molecule has 0 amide bonds. The molecule has 0 atom stereocenters. The minimum Gasteiger partial charge on any atom is -0.277 e. The fourth-order valence-electron chi connectivity index (χ4n) is 6.19. The maximum atomic E-state index is 10.7. The molecule has 0 spiro atoms. The molecule has 0 bridgehead atoms. The fraction of sp³-hybridized carbons (Fsp3) is 0. The molecule has 0 aliphatic carbocycles. The highest BCUT2D eigenvalue weighted by atomic mass is 15.2.